The molecule has 0 bridgehead atoms. The van der Waals surface area contributed by atoms with Crippen LogP contribution in [0.2, 0.25) is 0 Å². The summed E-state index contributed by atoms with van der Waals surface area (Å²) >= 11 is 0. The molecule has 24 heavy (non-hydrogen) atoms. The van der Waals surface area contributed by atoms with Gasteiger partial charge < -0.3 is 10.4 Å². The quantitative estimate of drug-likeness (QED) is 0.898. The minimum Gasteiger partial charge on any atom is -0.479 e. The number of aliphatic carboxylic acids is 1. The Labute approximate surface area is 135 Å². The maximum atomic E-state index is 12.5. The summed E-state index contributed by atoms with van der Waals surface area (Å²) in [4.78, 5) is 23.9. The molecule has 126 valence electrons. The fourth-order valence-corrected chi connectivity index (χ4v) is 2.13. The van der Waals surface area contributed by atoms with Crippen molar-refractivity contribution in [3.63, 3.8) is 0 Å². The smallest absolute Gasteiger partial charge is 0.416 e. The van der Waals surface area contributed by atoms with Crippen LogP contribution in [0.15, 0.2) is 54.6 Å². The predicted octanol–water partition coefficient (Wildman–Crippen LogP) is 3.44. The molecule has 0 heterocycles. The molecule has 2 aromatic rings. The number of hydrogen-bond donors (Lipinski definition) is 2. The van der Waals surface area contributed by atoms with Gasteiger partial charge in [-0.15, -0.1) is 0 Å². The van der Waals surface area contributed by atoms with Crippen molar-refractivity contribution >= 4 is 11.9 Å². The highest BCUT2D eigenvalue weighted by Crippen LogP contribution is 2.29. The van der Waals surface area contributed by atoms with Crippen LogP contribution in [0, 0.1) is 0 Å². The zero-order valence-electron chi connectivity index (χ0n) is 12.6. The first kappa shape index (κ1) is 17.5. The molecule has 4 nitrogen and oxygen atoms in total. The van der Waals surface area contributed by atoms with Crippen molar-refractivity contribution in [1.82, 2.24) is 5.32 Å². The molecule has 1 amide bonds. The van der Waals surface area contributed by atoms with Gasteiger partial charge in [0.15, 0.2) is 5.54 Å². The van der Waals surface area contributed by atoms with Gasteiger partial charge in [-0.2, -0.15) is 13.2 Å². The van der Waals surface area contributed by atoms with Gasteiger partial charge in [0.1, 0.15) is 0 Å². The Morgan fingerprint density at radius 3 is 1.92 bits per heavy atom. The summed E-state index contributed by atoms with van der Waals surface area (Å²) < 4.78 is 37.6. The number of alkyl halides is 3. The Kier molecular flexibility index (Phi) is 4.64. The molecule has 7 heteroatoms. The van der Waals surface area contributed by atoms with E-state index in [1.807, 2.05) is 0 Å². The van der Waals surface area contributed by atoms with E-state index in [0.29, 0.717) is 5.56 Å². The van der Waals surface area contributed by atoms with Gasteiger partial charge in [0.05, 0.1) is 5.56 Å². The van der Waals surface area contributed by atoms with Gasteiger partial charge in [-0.05, 0) is 36.8 Å². The summed E-state index contributed by atoms with van der Waals surface area (Å²) in [5.41, 5.74) is -2.31. The van der Waals surface area contributed by atoms with Crippen LogP contribution in [0.4, 0.5) is 13.2 Å². The molecule has 0 spiro atoms. The van der Waals surface area contributed by atoms with E-state index < -0.39 is 29.2 Å². The highest BCUT2D eigenvalue weighted by Gasteiger charge is 2.37. The molecule has 2 N–H and O–H groups in total. The fourth-order valence-electron chi connectivity index (χ4n) is 2.13. The average Bonchev–Trinajstić information content (AvgIpc) is 2.54. The van der Waals surface area contributed by atoms with Gasteiger partial charge in [-0.25, -0.2) is 4.79 Å². The van der Waals surface area contributed by atoms with Crippen LogP contribution in [-0.2, 0) is 16.5 Å². The number of amides is 1. The summed E-state index contributed by atoms with van der Waals surface area (Å²) in [6.07, 6.45) is -4.51. The Bertz CT molecular complexity index is 742. The zero-order valence-corrected chi connectivity index (χ0v) is 12.6. The molecule has 1 atom stereocenters. The van der Waals surface area contributed by atoms with Crippen LogP contribution in [0.3, 0.4) is 0 Å². The first-order chi connectivity index (χ1) is 11.1. The predicted molar refractivity (Wildman–Crippen MR) is 80.3 cm³/mol. The second-order valence-corrected chi connectivity index (χ2v) is 5.33. The molecule has 0 aromatic heterocycles. The van der Waals surface area contributed by atoms with Crippen LogP contribution in [0.5, 0.6) is 0 Å². The van der Waals surface area contributed by atoms with Crippen LogP contribution in [-0.4, -0.2) is 17.0 Å². The van der Waals surface area contributed by atoms with E-state index in [1.165, 1.54) is 6.92 Å². The summed E-state index contributed by atoms with van der Waals surface area (Å²) in [7, 11) is 0. The standard InChI is InChI=1S/C17H14F3NO3/c1-16(15(23)24,12-5-3-2-4-6-12)21-14(22)11-7-9-13(10-8-11)17(18,19)20/h2-10H,1H3,(H,21,22)(H,23,24). The van der Waals surface area contributed by atoms with E-state index >= 15 is 0 Å². The lowest BCUT2D eigenvalue weighted by atomic mass is 9.91. The van der Waals surface area contributed by atoms with Gasteiger partial charge in [0, 0.05) is 5.56 Å². The lowest BCUT2D eigenvalue weighted by molar-refractivity contribution is -0.144. The van der Waals surface area contributed by atoms with Crippen LogP contribution in [0.25, 0.3) is 0 Å². The van der Waals surface area contributed by atoms with Gasteiger partial charge >= 0.3 is 12.1 Å². The van der Waals surface area contributed by atoms with Gasteiger partial charge in [-0.3, -0.25) is 4.79 Å². The molecule has 0 fully saturated rings. The molecule has 1 unspecified atom stereocenters. The first-order valence-electron chi connectivity index (χ1n) is 6.93. The first-order valence-corrected chi connectivity index (χ1v) is 6.93. The fraction of sp³-hybridized carbons (Fsp3) is 0.176. The van der Waals surface area contributed by atoms with Crippen molar-refractivity contribution in [3.05, 3.63) is 71.3 Å². The third kappa shape index (κ3) is 3.56. The highest BCUT2D eigenvalue weighted by molar-refractivity contribution is 5.98. The number of benzene rings is 2. The van der Waals surface area contributed by atoms with E-state index in [0.717, 1.165) is 24.3 Å². The largest absolute Gasteiger partial charge is 0.479 e. The van der Waals surface area contributed by atoms with Gasteiger partial charge in [0.25, 0.3) is 5.91 Å². The minimum absolute atomic E-state index is 0.0635. The van der Waals surface area contributed by atoms with Crippen molar-refractivity contribution in [3.8, 4) is 0 Å². The molecule has 0 radical (unpaired) electrons. The van der Waals surface area contributed by atoms with Crippen molar-refractivity contribution in [2.24, 2.45) is 0 Å². The number of carbonyl (C=O) groups is 2. The maximum absolute atomic E-state index is 12.5. The number of carboxylic acid groups (broad SMARTS) is 1. The summed E-state index contributed by atoms with van der Waals surface area (Å²) in [5, 5.41) is 11.8. The zero-order chi connectivity index (χ0) is 18.0. The number of halogens is 3. The molecule has 0 saturated heterocycles. The molecule has 0 aliphatic heterocycles. The topological polar surface area (TPSA) is 66.4 Å². The van der Waals surface area contributed by atoms with Crippen LogP contribution in [0.1, 0.15) is 28.4 Å². The summed E-state index contributed by atoms with van der Waals surface area (Å²) in [6.45, 7) is 1.31. The van der Waals surface area contributed by atoms with Crippen LogP contribution >= 0.6 is 0 Å². The highest BCUT2D eigenvalue weighted by atomic mass is 19.4. The average molecular weight is 337 g/mol. The lowest BCUT2D eigenvalue weighted by Gasteiger charge is -2.26. The third-order valence-electron chi connectivity index (χ3n) is 3.62. The van der Waals surface area contributed by atoms with Gasteiger partial charge in [-0.1, -0.05) is 30.3 Å². The second kappa shape index (κ2) is 6.35. The van der Waals surface area contributed by atoms with E-state index in [1.54, 1.807) is 30.3 Å². The molecule has 0 aliphatic carbocycles. The summed E-state index contributed by atoms with van der Waals surface area (Å²) in [6, 6.07) is 11.6. The molecular formula is C17H14F3NO3. The maximum Gasteiger partial charge on any atom is 0.416 e. The number of carbonyl (C=O) groups excluding carboxylic acids is 1. The Hall–Kier alpha value is -2.83. The summed E-state index contributed by atoms with van der Waals surface area (Å²) in [5.74, 6) is -2.06. The van der Waals surface area contributed by atoms with Crippen molar-refractivity contribution in [1.29, 1.82) is 0 Å². The third-order valence-corrected chi connectivity index (χ3v) is 3.62. The van der Waals surface area contributed by atoms with Gasteiger partial charge in [0.2, 0.25) is 0 Å². The molecular weight excluding hydrogens is 323 g/mol. The van der Waals surface area contributed by atoms with E-state index in [2.05, 4.69) is 5.32 Å². The number of rotatable bonds is 4. The number of hydrogen-bond acceptors (Lipinski definition) is 2. The normalized spacial score (nSPS) is 13.8. The second-order valence-electron chi connectivity index (χ2n) is 5.33. The Morgan fingerprint density at radius 1 is 0.917 bits per heavy atom. The molecule has 0 aliphatic rings. The van der Waals surface area contributed by atoms with Crippen molar-refractivity contribution in [2.75, 3.05) is 0 Å². The molecule has 0 saturated carbocycles. The van der Waals surface area contributed by atoms with Crippen LogP contribution < -0.4 is 5.32 Å². The number of carboxylic acids is 1. The molecule has 2 aromatic carbocycles. The monoisotopic (exact) mass is 337 g/mol. The van der Waals surface area contributed by atoms with E-state index in [9.17, 15) is 27.9 Å². The Balaban J connectivity index is 2.28. The lowest BCUT2D eigenvalue weighted by Crippen LogP contribution is -2.49. The van der Waals surface area contributed by atoms with E-state index in [-0.39, 0.29) is 5.56 Å². The molecule has 2 rings (SSSR count). The van der Waals surface area contributed by atoms with Crippen molar-refractivity contribution in [2.45, 2.75) is 18.6 Å². The SMILES string of the molecule is CC(NC(=O)c1ccc(C(F)(F)F)cc1)(C(=O)O)c1ccccc1. The number of nitrogens with one attached hydrogen (secondary N) is 1. The van der Waals surface area contributed by atoms with Crippen molar-refractivity contribution < 1.29 is 27.9 Å². The minimum atomic E-state index is -4.51. The van der Waals surface area contributed by atoms with E-state index in [4.69, 9.17) is 0 Å². The Morgan fingerprint density at radius 2 is 1.46 bits per heavy atom.